The van der Waals surface area contributed by atoms with Crippen molar-refractivity contribution in [1.29, 1.82) is 5.26 Å². The zero-order chi connectivity index (χ0) is 27.6. The van der Waals surface area contributed by atoms with E-state index < -0.39 is 73.5 Å². The van der Waals surface area contributed by atoms with Crippen LogP contribution in [0.2, 0.25) is 0 Å². The average molecular weight is 523 g/mol. The van der Waals surface area contributed by atoms with Crippen molar-refractivity contribution in [3.63, 3.8) is 0 Å². The number of aromatic amines is 1. The van der Waals surface area contributed by atoms with E-state index in [1.165, 1.54) is 13.1 Å². The van der Waals surface area contributed by atoms with Crippen LogP contribution >= 0.6 is 12.2 Å². The molecule has 8 nitrogen and oxygen atoms in total. The minimum atomic E-state index is -5.27. The molecule has 2 N–H and O–H groups in total. The molecule has 1 aromatic carbocycles. The van der Waals surface area contributed by atoms with Crippen LogP contribution in [-0.4, -0.2) is 58.0 Å². The molecule has 1 aliphatic carbocycles. The van der Waals surface area contributed by atoms with Crippen LogP contribution in [0.1, 0.15) is 40.9 Å². The number of hydrogen-bond donors (Lipinski definition) is 2. The van der Waals surface area contributed by atoms with Gasteiger partial charge in [0.1, 0.15) is 57.9 Å². The number of alkyl halides is 3. The normalized spacial score (nSPS) is 16.6. The number of thiocarbonyl (C=S) groups is 1. The third kappa shape index (κ3) is 3.67. The fraction of sp³-hybridized carbons (Fsp3) is 0.286. The van der Waals surface area contributed by atoms with Crippen LogP contribution in [0.25, 0.3) is 0 Å². The van der Waals surface area contributed by atoms with Crippen LogP contribution in [0.15, 0.2) is 10.9 Å². The van der Waals surface area contributed by atoms with Gasteiger partial charge in [0.05, 0.1) is 5.56 Å². The predicted molar refractivity (Wildman–Crippen MR) is 132 cm³/mol. The van der Waals surface area contributed by atoms with E-state index in [2.05, 4.69) is 5.32 Å². The maximum Gasteiger partial charge on any atom is 0.422 e. The number of anilines is 2. The Morgan fingerprint density at radius 3 is 2.35 bits per heavy atom. The smallest absolute Gasteiger partial charge is 0.357 e. The van der Waals surface area contributed by atoms with Gasteiger partial charge in [0.15, 0.2) is 5.11 Å². The molecule has 1 spiro atoms. The topological polar surface area (TPSA) is 109 Å². The first-order valence-electron chi connectivity index (χ1n) is 10.5. The number of carbonyl (C=O) groups excluding carboxylic acids is 2. The molecular weight excluding hydrogens is 511 g/mol. The molecule has 182 valence electrons. The van der Waals surface area contributed by atoms with Gasteiger partial charge in [-0.1, -0.05) is 11.5 Å². The van der Waals surface area contributed by atoms with Gasteiger partial charge in [0.2, 0.25) is 5.43 Å². The lowest BCUT2D eigenvalue weighted by atomic mass is 9.73. The Balaban J connectivity index is 1.97. The molecular formula is C21H12B3F4N5O3S. The minimum absolute atomic E-state index is 0.111. The van der Waals surface area contributed by atoms with Gasteiger partial charge in [-0.3, -0.25) is 14.4 Å². The van der Waals surface area contributed by atoms with Gasteiger partial charge >= 0.3 is 6.18 Å². The molecule has 2 aromatic rings. The molecule has 4 rings (SSSR count). The Morgan fingerprint density at radius 2 is 1.86 bits per heavy atom. The van der Waals surface area contributed by atoms with Crippen LogP contribution < -0.4 is 37.1 Å². The Morgan fingerprint density at radius 1 is 1.24 bits per heavy atom. The molecule has 2 aliphatic rings. The van der Waals surface area contributed by atoms with Gasteiger partial charge in [-0.25, -0.2) is 9.29 Å². The molecule has 2 fully saturated rings. The second-order valence-corrected chi connectivity index (χ2v) is 8.75. The summed E-state index contributed by atoms with van der Waals surface area (Å²) >= 11 is 5.40. The van der Waals surface area contributed by atoms with Gasteiger partial charge in [-0.05, 0) is 42.5 Å². The fourth-order valence-corrected chi connectivity index (χ4v) is 5.00. The molecule has 1 saturated heterocycles. The van der Waals surface area contributed by atoms with Crippen molar-refractivity contribution < 1.29 is 27.2 Å². The molecule has 6 radical (unpaired) electrons. The largest absolute Gasteiger partial charge is 0.422 e. The highest BCUT2D eigenvalue weighted by atomic mass is 32.1. The summed E-state index contributed by atoms with van der Waals surface area (Å²) < 4.78 is 56.1. The number of nitriles is 1. The zero-order valence-electron chi connectivity index (χ0n) is 18.9. The molecule has 2 amide bonds. The third-order valence-electron chi connectivity index (χ3n) is 6.41. The number of nitrogens with zero attached hydrogens (tertiary/aromatic N) is 3. The monoisotopic (exact) mass is 523 g/mol. The number of halogens is 4. The number of pyridine rings is 1. The summed E-state index contributed by atoms with van der Waals surface area (Å²) in [5.74, 6) is -2.91. The number of amides is 2. The number of hydrogen-bond acceptors (Lipinski definition) is 5. The average Bonchev–Trinajstić information content (AvgIpc) is 3.01. The molecule has 1 saturated carbocycles. The van der Waals surface area contributed by atoms with Gasteiger partial charge in [0.25, 0.3) is 11.8 Å². The molecule has 0 bridgehead atoms. The van der Waals surface area contributed by atoms with Gasteiger partial charge in [0, 0.05) is 12.7 Å². The number of H-pyrrole nitrogens is 1. The fourth-order valence-electron chi connectivity index (χ4n) is 4.56. The van der Waals surface area contributed by atoms with E-state index in [-0.39, 0.29) is 24.0 Å². The highest BCUT2D eigenvalue weighted by Gasteiger charge is 2.61. The number of aromatic nitrogens is 1. The van der Waals surface area contributed by atoms with Crippen molar-refractivity contribution in [2.24, 2.45) is 0 Å². The van der Waals surface area contributed by atoms with Crippen molar-refractivity contribution >= 4 is 80.6 Å². The Labute approximate surface area is 216 Å². The lowest BCUT2D eigenvalue weighted by Gasteiger charge is -2.44. The number of nitrogens with one attached hydrogen (secondary N) is 2. The van der Waals surface area contributed by atoms with Crippen LogP contribution in [0, 0.1) is 17.1 Å². The van der Waals surface area contributed by atoms with Crippen molar-refractivity contribution in [1.82, 2.24) is 10.3 Å². The summed E-state index contributed by atoms with van der Waals surface area (Å²) in [6.45, 7) is 0. The second-order valence-electron chi connectivity index (χ2n) is 8.39. The maximum atomic E-state index is 15.1. The summed E-state index contributed by atoms with van der Waals surface area (Å²) in [6.07, 6.45) is -4.57. The first-order chi connectivity index (χ1) is 17.2. The molecule has 1 aromatic heterocycles. The SMILES string of the molecule is [B]c1cc(C(=O)NC)c(F)c([B])c1N1C(=S)N(c2c([B])[nH]c(C#N)c(C(F)(F)F)c2=O)C(=O)C12CCC2. The van der Waals surface area contributed by atoms with E-state index in [9.17, 15) is 27.6 Å². The van der Waals surface area contributed by atoms with E-state index in [1.807, 2.05) is 4.98 Å². The van der Waals surface area contributed by atoms with Crippen LogP contribution in [0.3, 0.4) is 0 Å². The van der Waals surface area contributed by atoms with E-state index in [4.69, 9.17) is 41.0 Å². The van der Waals surface area contributed by atoms with E-state index in [0.29, 0.717) is 11.3 Å². The Hall–Kier alpha value is -3.60. The van der Waals surface area contributed by atoms with E-state index in [1.54, 1.807) is 0 Å². The molecule has 16 heteroatoms. The third-order valence-corrected chi connectivity index (χ3v) is 6.78. The first kappa shape index (κ1) is 26.5. The zero-order valence-corrected chi connectivity index (χ0v) is 19.7. The maximum absolute atomic E-state index is 15.1. The van der Waals surface area contributed by atoms with Crippen molar-refractivity contribution in [2.75, 3.05) is 16.8 Å². The summed E-state index contributed by atoms with van der Waals surface area (Å²) in [5.41, 5.74) is -9.65. The van der Waals surface area contributed by atoms with Crippen LogP contribution in [-0.2, 0) is 11.0 Å². The molecule has 0 unspecified atom stereocenters. The molecule has 37 heavy (non-hydrogen) atoms. The summed E-state index contributed by atoms with van der Waals surface area (Å²) in [7, 11) is 19.1. The van der Waals surface area contributed by atoms with Crippen molar-refractivity contribution in [3.05, 3.63) is 38.9 Å². The Kier molecular flexibility index (Phi) is 6.27. The summed E-state index contributed by atoms with van der Waals surface area (Å²) in [6, 6.07) is 2.21. The van der Waals surface area contributed by atoms with Crippen LogP contribution in [0.5, 0.6) is 0 Å². The van der Waals surface area contributed by atoms with Crippen molar-refractivity contribution in [3.8, 4) is 6.07 Å². The number of carbonyl (C=O) groups is 2. The van der Waals surface area contributed by atoms with Gasteiger partial charge in [-0.2, -0.15) is 18.4 Å². The number of benzene rings is 1. The predicted octanol–water partition coefficient (Wildman–Crippen LogP) is -0.794. The quantitative estimate of drug-likeness (QED) is 0.311. The Bertz CT molecular complexity index is 1500. The van der Waals surface area contributed by atoms with Crippen LogP contribution in [0.4, 0.5) is 28.9 Å². The van der Waals surface area contributed by atoms with E-state index >= 15 is 4.39 Å². The summed E-state index contributed by atoms with van der Waals surface area (Å²) in [5, 5.41) is 10.8. The molecule has 1 aliphatic heterocycles. The lowest BCUT2D eigenvalue weighted by molar-refractivity contribution is -0.138. The van der Waals surface area contributed by atoms with Crippen molar-refractivity contribution in [2.45, 2.75) is 31.0 Å². The second kappa shape index (κ2) is 8.76. The highest BCUT2D eigenvalue weighted by Crippen LogP contribution is 2.46. The summed E-state index contributed by atoms with van der Waals surface area (Å²) in [4.78, 5) is 42.3. The van der Waals surface area contributed by atoms with Gasteiger partial charge < -0.3 is 15.2 Å². The molecule has 2 heterocycles. The van der Waals surface area contributed by atoms with Gasteiger partial charge in [-0.15, -0.1) is 0 Å². The number of rotatable bonds is 3. The molecule has 0 atom stereocenters. The first-order valence-corrected chi connectivity index (χ1v) is 10.9. The highest BCUT2D eigenvalue weighted by molar-refractivity contribution is 7.81. The minimum Gasteiger partial charge on any atom is -0.357 e. The van der Waals surface area contributed by atoms with E-state index in [0.717, 1.165) is 11.0 Å². The lowest BCUT2D eigenvalue weighted by Crippen LogP contribution is -2.57. The standard InChI is InChI=1S/C21H12B3F4N5O3S/c1-30-17(35)7-5-8(22)13(11(23)12(7)25)33-19(37)32(18(36)20(33)3-2-4-20)14-15(34)10(21(26,27)28)9(6-29)31-16(14)24/h5H,2-4H2,1H3,(H,30,35)(H,31,34).